The molecule has 0 spiro atoms. The van der Waals surface area contributed by atoms with Gasteiger partial charge in [-0.05, 0) is 37.6 Å². The van der Waals surface area contributed by atoms with Crippen molar-refractivity contribution in [3.8, 4) is 0 Å². The summed E-state index contributed by atoms with van der Waals surface area (Å²) in [6.07, 6.45) is 5.70. The van der Waals surface area contributed by atoms with E-state index >= 15 is 0 Å². The normalized spacial score (nSPS) is 18.9. The second-order valence-corrected chi connectivity index (χ2v) is 3.83. The minimum atomic E-state index is -0.304. The number of nitrogens with two attached hydrogens (primary N) is 1. The molecular weight excluding hydrogens is 190 g/mol. The molecule has 2 rings (SSSR count). The summed E-state index contributed by atoms with van der Waals surface area (Å²) in [6, 6.07) is 3.43. The van der Waals surface area contributed by atoms with E-state index in [9.17, 15) is 4.79 Å². The largest absolute Gasteiger partial charge is 0.368 e. The van der Waals surface area contributed by atoms with Crippen molar-refractivity contribution in [3.63, 3.8) is 0 Å². The molecule has 0 saturated carbocycles. The van der Waals surface area contributed by atoms with E-state index in [2.05, 4.69) is 9.88 Å². The third kappa shape index (κ3) is 2.15. The molecule has 1 atom stereocenters. The molecule has 1 unspecified atom stereocenters. The van der Waals surface area contributed by atoms with Gasteiger partial charge in [0.15, 0.2) is 0 Å². The first kappa shape index (κ1) is 10.1. The minimum absolute atomic E-state index is 0.287. The van der Waals surface area contributed by atoms with Crippen molar-refractivity contribution < 1.29 is 4.79 Å². The van der Waals surface area contributed by atoms with Crippen molar-refractivity contribution in [3.05, 3.63) is 30.1 Å². The number of likely N-dealkylation sites (tertiary alicyclic amines) is 1. The van der Waals surface area contributed by atoms with E-state index in [0.29, 0.717) is 0 Å². The number of amides is 1. The molecule has 80 valence electrons. The zero-order valence-electron chi connectivity index (χ0n) is 8.60. The molecule has 1 fully saturated rings. The summed E-state index contributed by atoms with van der Waals surface area (Å²) in [5.74, 6) is -0.287. The summed E-state index contributed by atoms with van der Waals surface area (Å²) >= 11 is 0. The fourth-order valence-corrected chi connectivity index (χ4v) is 2.09. The highest BCUT2D eigenvalue weighted by atomic mass is 16.1. The van der Waals surface area contributed by atoms with Crippen molar-refractivity contribution in [1.29, 1.82) is 0 Å². The fourth-order valence-electron chi connectivity index (χ4n) is 2.09. The van der Waals surface area contributed by atoms with Crippen LogP contribution in [0.1, 0.15) is 24.4 Å². The van der Waals surface area contributed by atoms with E-state index in [1.54, 1.807) is 12.4 Å². The third-order valence-electron chi connectivity index (χ3n) is 2.78. The predicted molar refractivity (Wildman–Crippen MR) is 57.0 cm³/mol. The van der Waals surface area contributed by atoms with Crippen LogP contribution in [0.4, 0.5) is 0 Å². The van der Waals surface area contributed by atoms with Crippen LogP contribution in [0.5, 0.6) is 0 Å². The molecule has 1 aliphatic rings. The molecule has 1 aliphatic heterocycles. The van der Waals surface area contributed by atoms with Crippen molar-refractivity contribution in [2.45, 2.75) is 18.9 Å². The topological polar surface area (TPSA) is 59.2 Å². The van der Waals surface area contributed by atoms with Gasteiger partial charge in [-0.25, -0.2) is 0 Å². The van der Waals surface area contributed by atoms with Gasteiger partial charge in [0.05, 0.1) is 0 Å². The number of aromatic nitrogens is 1. The Kier molecular flexibility index (Phi) is 2.97. The van der Waals surface area contributed by atoms with Gasteiger partial charge in [0.2, 0.25) is 5.91 Å². The van der Waals surface area contributed by atoms with Gasteiger partial charge < -0.3 is 5.73 Å². The highest BCUT2D eigenvalue weighted by Gasteiger charge is 2.27. The maximum atomic E-state index is 11.4. The standard InChI is InChI=1S/C11H15N3O/c12-11(15)10(14-6-1-2-7-14)9-4-3-5-13-8-9/h3-5,8,10H,1-2,6-7H2,(H2,12,15). The SMILES string of the molecule is NC(=O)C(c1cccnc1)N1CCCC1. The second-order valence-electron chi connectivity index (χ2n) is 3.83. The average molecular weight is 205 g/mol. The summed E-state index contributed by atoms with van der Waals surface area (Å²) in [5, 5.41) is 0. The van der Waals surface area contributed by atoms with E-state index in [1.165, 1.54) is 0 Å². The number of pyridine rings is 1. The highest BCUT2D eigenvalue weighted by molar-refractivity contribution is 5.81. The first-order valence-electron chi connectivity index (χ1n) is 5.22. The summed E-state index contributed by atoms with van der Waals surface area (Å²) in [6.45, 7) is 1.89. The van der Waals surface area contributed by atoms with Gasteiger partial charge in [-0.2, -0.15) is 0 Å². The Morgan fingerprint density at radius 3 is 2.73 bits per heavy atom. The Labute approximate surface area is 89.1 Å². The molecule has 2 heterocycles. The Morgan fingerprint density at radius 1 is 1.47 bits per heavy atom. The van der Waals surface area contributed by atoms with Crippen LogP contribution >= 0.6 is 0 Å². The van der Waals surface area contributed by atoms with E-state index in [0.717, 1.165) is 31.5 Å². The van der Waals surface area contributed by atoms with Crippen molar-refractivity contribution in [2.24, 2.45) is 5.73 Å². The van der Waals surface area contributed by atoms with Crippen LogP contribution < -0.4 is 5.73 Å². The first-order valence-corrected chi connectivity index (χ1v) is 5.22. The number of hydrogen-bond donors (Lipinski definition) is 1. The lowest BCUT2D eigenvalue weighted by Gasteiger charge is -2.24. The molecule has 15 heavy (non-hydrogen) atoms. The lowest BCUT2D eigenvalue weighted by Crippen LogP contribution is -2.36. The molecule has 0 aromatic carbocycles. The van der Waals surface area contributed by atoms with Crippen LogP contribution in [0, 0.1) is 0 Å². The Bertz CT molecular complexity index is 333. The Hall–Kier alpha value is -1.42. The number of rotatable bonds is 3. The quantitative estimate of drug-likeness (QED) is 0.790. The fraction of sp³-hybridized carbons (Fsp3) is 0.455. The smallest absolute Gasteiger partial charge is 0.239 e. The highest BCUT2D eigenvalue weighted by Crippen LogP contribution is 2.23. The van der Waals surface area contributed by atoms with E-state index < -0.39 is 0 Å². The van der Waals surface area contributed by atoms with Crippen LogP contribution in [0.3, 0.4) is 0 Å². The lowest BCUT2D eigenvalue weighted by atomic mass is 10.1. The van der Waals surface area contributed by atoms with Gasteiger partial charge >= 0.3 is 0 Å². The van der Waals surface area contributed by atoms with E-state index in [-0.39, 0.29) is 11.9 Å². The molecule has 0 radical (unpaired) electrons. The zero-order valence-corrected chi connectivity index (χ0v) is 8.60. The van der Waals surface area contributed by atoms with Crippen LogP contribution in [0.15, 0.2) is 24.5 Å². The molecule has 0 bridgehead atoms. The first-order chi connectivity index (χ1) is 7.29. The van der Waals surface area contributed by atoms with Gasteiger partial charge in [-0.1, -0.05) is 6.07 Å². The van der Waals surface area contributed by atoms with Crippen molar-refractivity contribution >= 4 is 5.91 Å². The Morgan fingerprint density at radius 2 is 2.20 bits per heavy atom. The number of carbonyl (C=O) groups excluding carboxylic acids is 1. The number of primary amides is 1. The Balaban J connectivity index is 2.23. The van der Waals surface area contributed by atoms with Gasteiger partial charge in [-0.15, -0.1) is 0 Å². The molecule has 4 heteroatoms. The molecule has 1 aromatic heterocycles. The average Bonchev–Trinajstić information content (AvgIpc) is 2.72. The molecule has 0 aliphatic carbocycles. The van der Waals surface area contributed by atoms with Crippen molar-refractivity contribution in [1.82, 2.24) is 9.88 Å². The van der Waals surface area contributed by atoms with Crippen molar-refractivity contribution in [2.75, 3.05) is 13.1 Å². The summed E-state index contributed by atoms with van der Waals surface area (Å²) in [4.78, 5) is 17.6. The minimum Gasteiger partial charge on any atom is -0.368 e. The molecule has 2 N–H and O–H groups in total. The molecule has 4 nitrogen and oxygen atoms in total. The van der Waals surface area contributed by atoms with Gasteiger partial charge in [-0.3, -0.25) is 14.7 Å². The van der Waals surface area contributed by atoms with Crippen LogP contribution in [-0.2, 0) is 4.79 Å². The predicted octanol–water partition coefficient (Wildman–Crippen LogP) is 0.704. The summed E-state index contributed by atoms with van der Waals surface area (Å²) in [5.41, 5.74) is 6.34. The van der Waals surface area contributed by atoms with Gasteiger partial charge in [0, 0.05) is 12.4 Å². The van der Waals surface area contributed by atoms with Gasteiger partial charge in [0.25, 0.3) is 0 Å². The summed E-state index contributed by atoms with van der Waals surface area (Å²) < 4.78 is 0. The molecule has 1 amide bonds. The molecule has 1 aromatic rings. The van der Waals surface area contributed by atoms with E-state index in [1.807, 2.05) is 12.1 Å². The van der Waals surface area contributed by atoms with Gasteiger partial charge in [0.1, 0.15) is 6.04 Å². The van der Waals surface area contributed by atoms with Crippen LogP contribution in [0.2, 0.25) is 0 Å². The maximum Gasteiger partial charge on any atom is 0.239 e. The number of carbonyl (C=O) groups is 1. The lowest BCUT2D eigenvalue weighted by molar-refractivity contribution is -0.123. The van der Waals surface area contributed by atoms with Crippen LogP contribution in [-0.4, -0.2) is 28.9 Å². The number of hydrogen-bond acceptors (Lipinski definition) is 3. The molecule has 1 saturated heterocycles. The molecular formula is C11H15N3O. The second kappa shape index (κ2) is 4.40. The monoisotopic (exact) mass is 205 g/mol. The third-order valence-corrected chi connectivity index (χ3v) is 2.78. The van der Waals surface area contributed by atoms with E-state index in [4.69, 9.17) is 5.73 Å². The summed E-state index contributed by atoms with van der Waals surface area (Å²) in [7, 11) is 0. The van der Waals surface area contributed by atoms with Crippen LogP contribution in [0.25, 0.3) is 0 Å². The zero-order chi connectivity index (χ0) is 10.7. The maximum absolute atomic E-state index is 11.4. The number of nitrogens with zero attached hydrogens (tertiary/aromatic N) is 2.